The Balaban J connectivity index is 1.69. The van der Waals surface area contributed by atoms with Crippen molar-refractivity contribution in [3.05, 3.63) is 42.2 Å². The van der Waals surface area contributed by atoms with Gasteiger partial charge >= 0.3 is 0 Å². The van der Waals surface area contributed by atoms with Crippen LogP contribution in [-0.4, -0.2) is 34.3 Å². The molecule has 0 spiro atoms. The number of nitrogens with zero attached hydrogens (tertiary/aromatic N) is 5. The summed E-state index contributed by atoms with van der Waals surface area (Å²) >= 11 is 0. The van der Waals surface area contributed by atoms with Gasteiger partial charge in [-0.05, 0) is 37.1 Å². The molecule has 1 saturated heterocycles. The van der Waals surface area contributed by atoms with Crippen LogP contribution in [-0.2, 0) is 0 Å². The third kappa shape index (κ3) is 2.92. The molecule has 6 heteroatoms. The molecule has 2 aromatic rings. The highest BCUT2D eigenvalue weighted by molar-refractivity contribution is 5.51. The van der Waals surface area contributed by atoms with E-state index in [0.29, 0.717) is 17.4 Å². The molecule has 2 aromatic heterocycles. The lowest BCUT2D eigenvalue weighted by Gasteiger charge is -2.25. The van der Waals surface area contributed by atoms with Gasteiger partial charge in [-0.1, -0.05) is 0 Å². The number of aromatic nitrogens is 3. The van der Waals surface area contributed by atoms with Gasteiger partial charge in [-0.25, -0.2) is 4.98 Å². The van der Waals surface area contributed by atoms with E-state index in [1.807, 2.05) is 12.1 Å². The Morgan fingerprint density at radius 1 is 1.33 bits per heavy atom. The zero-order valence-electron chi connectivity index (χ0n) is 11.6. The zero-order valence-corrected chi connectivity index (χ0v) is 11.6. The molecule has 1 aliphatic heterocycles. The van der Waals surface area contributed by atoms with Gasteiger partial charge in [0.05, 0.1) is 5.56 Å². The van der Waals surface area contributed by atoms with E-state index in [9.17, 15) is 0 Å². The fourth-order valence-electron chi connectivity index (χ4n) is 2.65. The highest BCUT2D eigenvalue weighted by Gasteiger charge is 2.25. The van der Waals surface area contributed by atoms with Crippen molar-refractivity contribution in [1.82, 2.24) is 15.2 Å². The van der Waals surface area contributed by atoms with Crippen molar-refractivity contribution in [3.8, 4) is 6.07 Å². The van der Waals surface area contributed by atoms with Gasteiger partial charge in [0, 0.05) is 31.5 Å². The van der Waals surface area contributed by atoms with E-state index >= 15 is 0 Å². The standard InChI is InChI=1S/C15H16N6/c16-10-12-4-1-7-17-15(12)18-11-13-5-3-9-21(13)14-6-2-8-19-20-14/h1-2,4,6-8,13H,3,5,9,11H2,(H,17,18)/t13-/m0/s1. The van der Waals surface area contributed by atoms with Crippen LogP contribution in [0.2, 0.25) is 0 Å². The van der Waals surface area contributed by atoms with Crippen molar-refractivity contribution < 1.29 is 0 Å². The smallest absolute Gasteiger partial charge is 0.151 e. The van der Waals surface area contributed by atoms with Crippen LogP contribution < -0.4 is 10.2 Å². The lowest BCUT2D eigenvalue weighted by atomic mass is 10.2. The first-order chi connectivity index (χ1) is 10.4. The Kier molecular flexibility index (Phi) is 3.92. The highest BCUT2D eigenvalue weighted by Crippen LogP contribution is 2.23. The first kappa shape index (κ1) is 13.3. The maximum absolute atomic E-state index is 9.08. The second kappa shape index (κ2) is 6.18. The van der Waals surface area contributed by atoms with E-state index in [0.717, 1.165) is 31.7 Å². The average molecular weight is 280 g/mol. The molecule has 0 amide bonds. The summed E-state index contributed by atoms with van der Waals surface area (Å²) < 4.78 is 0. The SMILES string of the molecule is N#Cc1cccnc1NC[C@@H]1CCCN1c1cccnn1. The Labute approximate surface area is 123 Å². The Morgan fingerprint density at radius 2 is 2.24 bits per heavy atom. The molecule has 106 valence electrons. The van der Waals surface area contributed by atoms with E-state index in [1.165, 1.54) is 0 Å². The summed E-state index contributed by atoms with van der Waals surface area (Å²) in [5.41, 5.74) is 0.571. The van der Waals surface area contributed by atoms with E-state index in [4.69, 9.17) is 5.26 Å². The molecule has 21 heavy (non-hydrogen) atoms. The summed E-state index contributed by atoms with van der Waals surface area (Å²) in [6.45, 7) is 1.72. The Morgan fingerprint density at radius 3 is 3.05 bits per heavy atom. The molecule has 1 fully saturated rings. The van der Waals surface area contributed by atoms with Crippen molar-refractivity contribution in [3.63, 3.8) is 0 Å². The number of nitriles is 1. The fourth-order valence-corrected chi connectivity index (χ4v) is 2.65. The summed E-state index contributed by atoms with van der Waals surface area (Å²) in [5.74, 6) is 1.55. The molecule has 0 aliphatic carbocycles. The molecular formula is C15H16N6. The number of pyridine rings is 1. The maximum atomic E-state index is 9.08. The molecule has 0 saturated carbocycles. The number of rotatable bonds is 4. The van der Waals surface area contributed by atoms with Crippen LogP contribution in [0.4, 0.5) is 11.6 Å². The van der Waals surface area contributed by atoms with Crippen molar-refractivity contribution in [2.45, 2.75) is 18.9 Å². The topological polar surface area (TPSA) is 77.7 Å². The molecule has 0 aromatic carbocycles. The Hall–Kier alpha value is -2.68. The van der Waals surface area contributed by atoms with E-state index < -0.39 is 0 Å². The van der Waals surface area contributed by atoms with Gasteiger partial charge in [-0.15, -0.1) is 5.10 Å². The summed E-state index contributed by atoms with van der Waals surface area (Å²) in [7, 11) is 0. The molecule has 0 unspecified atom stereocenters. The minimum absolute atomic E-state index is 0.343. The van der Waals surface area contributed by atoms with Crippen molar-refractivity contribution in [2.24, 2.45) is 0 Å². The normalized spacial score (nSPS) is 17.5. The van der Waals surface area contributed by atoms with E-state index in [-0.39, 0.29) is 0 Å². The van der Waals surface area contributed by atoms with Gasteiger partial charge in [0.2, 0.25) is 0 Å². The summed E-state index contributed by atoms with van der Waals surface area (Å²) in [6.07, 6.45) is 5.60. The van der Waals surface area contributed by atoms with Gasteiger partial charge in [-0.3, -0.25) is 0 Å². The van der Waals surface area contributed by atoms with Crippen molar-refractivity contribution in [1.29, 1.82) is 5.26 Å². The predicted molar refractivity (Wildman–Crippen MR) is 79.8 cm³/mol. The fraction of sp³-hybridized carbons (Fsp3) is 0.333. The summed E-state index contributed by atoms with van der Waals surface area (Å²) in [4.78, 5) is 6.49. The molecule has 3 heterocycles. The van der Waals surface area contributed by atoms with Crippen LogP contribution in [0.15, 0.2) is 36.7 Å². The van der Waals surface area contributed by atoms with Crippen LogP contribution >= 0.6 is 0 Å². The molecule has 0 bridgehead atoms. The minimum atomic E-state index is 0.343. The third-order valence-corrected chi connectivity index (χ3v) is 3.66. The number of hydrogen-bond donors (Lipinski definition) is 1. The first-order valence-electron chi connectivity index (χ1n) is 7.02. The van der Waals surface area contributed by atoms with Gasteiger partial charge in [0.15, 0.2) is 5.82 Å². The zero-order chi connectivity index (χ0) is 14.5. The van der Waals surface area contributed by atoms with Crippen molar-refractivity contribution in [2.75, 3.05) is 23.3 Å². The monoisotopic (exact) mass is 280 g/mol. The first-order valence-corrected chi connectivity index (χ1v) is 7.02. The lowest BCUT2D eigenvalue weighted by molar-refractivity contribution is 0.685. The third-order valence-electron chi connectivity index (χ3n) is 3.66. The second-order valence-electron chi connectivity index (χ2n) is 4.96. The predicted octanol–water partition coefficient (Wildman–Crippen LogP) is 1.82. The highest BCUT2D eigenvalue weighted by atomic mass is 15.3. The summed E-state index contributed by atoms with van der Waals surface area (Å²) in [5, 5.41) is 20.5. The number of hydrogen-bond acceptors (Lipinski definition) is 6. The minimum Gasteiger partial charge on any atom is -0.367 e. The van der Waals surface area contributed by atoms with Crippen LogP contribution in [0, 0.1) is 11.3 Å². The molecule has 0 radical (unpaired) electrons. The number of anilines is 2. The molecular weight excluding hydrogens is 264 g/mol. The molecule has 1 atom stereocenters. The maximum Gasteiger partial charge on any atom is 0.151 e. The van der Waals surface area contributed by atoms with Crippen LogP contribution in [0.1, 0.15) is 18.4 Å². The van der Waals surface area contributed by atoms with E-state index in [1.54, 1.807) is 24.5 Å². The van der Waals surface area contributed by atoms with Gasteiger partial charge in [0.25, 0.3) is 0 Å². The Bertz CT molecular complexity index is 636. The van der Waals surface area contributed by atoms with Gasteiger partial charge in [0.1, 0.15) is 11.9 Å². The van der Waals surface area contributed by atoms with Crippen molar-refractivity contribution >= 4 is 11.6 Å². The quantitative estimate of drug-likeness (QED) is 0.920. The summed E-state index contributed by atoms with van der Waals surface area (Å²) in [6, 6.07) is 9.91. The number of nitrogens with one attached hydrogen (secondary N) is 1. The second-order valence-corrected chi connectivity index (χ2v) is 4.96. The average Bonchev–Trinajstić information content (AvgIpc) is 3.02. The van der Waals surface area contributed by atoms with Crippen LogP contribution in [0.25, 0.3) is 0 Å². The lowest BCUT2D eigenvalue weighted by Crippen LogP contribution is -2.35. The van der Waals surface area contributed by atoms with Crippen LogP contribution in [0.3, 0.4) is 0 Å². The van der Waals surface area contributed by atoms with Gasteiger partial charge < -0.3 is 10.2 Å². The van der Waals surface area contributed by atoms with Gasteiger partial charge in [-0.2, -0.15) is 10.4 Å². The molecule has 1 N–H and O–H groups in total. The van der Waals surface area contributed by atoms with Crippen LogP contribution in [0.5, 0.6) is 0 Å². The molecule has 1 aliphatic rings. The molecule has 6 nitrogen and oxygen atoms in total. The molecule has 3 rings (SSSR count). The van der Waals surface area contributed by atoms with E-state index in [2.05, 4.69) is 31.5 Å². The largest absolute Gasteiger partial charge is 0.367 e.